The normalized spacial score (nSPS) is 16.3. The van der Waals surface area contributed by atoms with Crippen LogP contribution in [-0.2, 0) is 4.74 Å². The van der Waals surface area contributed by atoms with E-state index in [4.69, 9.17) is 14.8 Å². The van der Waals surface area contributed by atoms with Crippen LogP contribution >= 0.6 is 31.9 Å². The maximum atomic E-state index is 6.01. The Bertz CT molecular complexity index is 1260. The summed E-state index contributed by atoms with van der Waals surface area (Å²) in [6.45, 7) is 2.80. The number of halogens is 2. The quantitative estimate of drug-likeness (QED) is 0.259. The summed E-state index contributed by atoms with van der Waals surface area (Å²) in [6.07, 6.45) is 3.23. The van der Waals surface area contributed by atoms with Gasteiger partial charge in [-0.15, -0.1) is 0 Å². The molecule has 4 nitrogen and oxygen atoms in total. The zero-order chi connectivity index (χ0) is 22.1. The number of aryl methyl sites for hydroxylation is 1. The Hall–Kier alpha value is -2.28. The fourth-order valence-corrected chi connectivity index (χ4v) is 5.37. The van der Waals surface area contributed by atoms with E-state index in [2.05, 4.69) is 86.5 Å². The smallest absolute Gasteiger partial charge is 0.150 e. The van der Waals surface area contributed by atoms with Gasteiger partial charge in [0.05, 0.1) is 22.8 Å². The summed E-state index contributed by atoms with van der Waals surface area (Å²) in [5, 5.41) is 4.73. The van der Waals surface area contributed by atoms with Crippen molar-refractivity contribution < 1.29 is 4.74 Å². The first kappa shape index (κ1) is 21.6. The molecule has 4 aromatic rings. The van der Waals surface area contributed by atoms with Crippen molar-refractivity contribution in [3.05, 3.63) is 81.4 Å². The molecule has 1 aliphatic rings. The molecular weight excluding hydrogens is 530 g/mol. The highest BCUT2D eigenvalue weighted by atomic mass is 79.9. The molecule has 0 saturated carbocycles. The van der Waals surface area contributed by atoms with Gasteiger partial charge in [-0.05, 0) is 77.5 Å². The molecule has 0 radical (unpaired) electrons. The molecule has 1 aliphatic heterocycles. The molecule has 1 atom stereocenters. The summed E-state index contributed by atoms with van der Waals surface area (Å²) in [4.78, 5) is 5.04. The van der Waals surface area contributed by atoms with E-state index in [0.717, 1.165) is 74.3 Å². The minimum atomic E-state index is -0.0246. The van der Waals surface area contributed by atoms with E-state index in [1.54, 1.807) is 0 Å². The van der Waals surface area contributed by atoms with Gasteiger partial charge in [0.1, 0.15) is 0 Å². The summed E-state index contributed by atoms with van der Waals surface area (Å²) in [5.41, 5.74) is 7.09. The molecule has 2 aromatic heterocycles. The highest BCUT2D eigenvalue weighted by molar-refractivity contribution is 9.11. The lowest BCUT2D eigenvalue weighted by Crippen LogP contribution is -2.20. The number of rotatable bonds is 4. The summed E-state index contributed by atoms with van der Waals surface area (Å²) >= 11 is 7.53. The Morgan fingerprint density at radius 2 is 1.62 bits per heavy atom. The zero-order valence-electron chi connectivity index (χ0n) is 17.8. The third kappa shape index (κ3) is 4.19. The Balaban J connectivity index is 1.57. The lowest BCUT2D eigenvalue weighted by molar-refractivity contribution is -0.0385. The summed E-state index contributed by atoms with van der Waals surface area (Å²) in [5.74, 6) is 0. The highest BCUT2D eigenvalue weighted by Gasteiger charge is 2.22. The predicted molar refractivity (Wildman–Crippen MR) is 135 cm³/mol. The molecule has 2 aromatic carbocycles. The van der Waals surface area contributed by atoms with Crippen LogP contribution in [0.15, 0.2) is 75.7 Å². The number of pyridine rings is 1. The molecule has 5 rings (SSSR count). The first-order valence-corrected chi connectivity index (χ1v) is 12.4. The van der Waals surface area contributed by atoms with Gasteiger partial charge in [-0.3, -0.25) is 0 Å². The lowest BCUT2D eigenvalue weighted by atomic mass is 10.0. The second-order valence-corrected chi connectivity index (χ2v) is 9.64. The van der Waals surface area contributed by atoms with E-state index < -0.39 is 0 Å². The minimum absolute atomic E-state index is 0.0246. The number of benzene rings is 2. The van der Waals surface area contributed by atoms with E-state index in [9.17, 15) is 0 Å². The second kappa shape index (κ2) is 9.30. The van der Waals surface area contributed by atoms with Gasteiger partial charge in [0.15, 0.2) is 6.23 Å². The molecule has 0 spiro atoms. The van der Waals surface area contributed by atoms with Crippen molar-refractivity contribution in [2.24, 2.45) is 0 Å². The maximum absolute atomic E-state index is 6.01. The van der Waals surface area contributed by atoms with Gasteiger partial charge in [-0.2, -0.15) is 5.10 Å². The molecule has 32 heavy (non-hydrogen) atoms. The first-order valence-electron chi connectivity index (χ1n) is 10.8. The molecule has 1 fully saturated rings. The summed E-state index contributed by atoms with van der Waals surface area (Å²) in [7, 11) is 0. The van der Waals surface area contributed by atoms with Gasteiger partial charge in [-0.1, -0.05) is 58.4 Å². The fourth-order valence-electron chi connectivity index (χ4n) is 4.19. The van der Waals surface area contributed by atoms with Crippen molar-refractivity contribution in [3.63, 3.8) is 0 Å². The predicted octanol–water partition coefficient (Wildman–Crippen LogP) is 7.81. The molecule has 0 amide bonds. The molecule has 1 unspecified atom stereocenters. The summed E-state index contributed by atoms with van der Waals surface area (Å²) < 4.78 is 10.1. The third-order valence-electron chi connectivity index (χ3n) is 5.74. The van der Waals surface area contributed by atoms with Crippen LogP contribution in [0.5, 0.6) is 0 Å². The first-order chi connectivity index (χ1) is 15.6. The summed E-state index contributed by atoms with van der Waals surface area (Å²) in [6, 6.07) is 22.8. The Morgan fingerprint density at radius 1 is 0.875 bits per heavy atom. The van der Waals surface area contributed by atoms with Crippen LogP contribution in [0.1, 0.15) is 31.2 Å². The van der Waals surface area contributed by atoms with Crippen molar-refractivity contribution in [2.45, 2.75) is 32.4 Å². The van der Waals surface area contributed by atoms with Gasteiger partial charge in [0, 0.05) is 21.1 Å². The topological polar surface area (TPSA) is 39.9 Å². The molecule has 162 valence electrons. The molecule has 0 N–H and O–H groups in total. The van der Waals surface area contributed by atoms with Gasteiger partial charge < -0.3 is 4.74 Å². The lowest BCUT2D eigenvalue weighted by Gasteiger charge is -2.24. The number of hydrogen-bond acceptors (Lipinski definition) is 3. The van der Waals surface area contributed by atoms with Gasteiger partial charge >= 0.3 is 0 Å². The van der Waals surface area contributed by atoms with Crippen LogP contribution in [0.2, 0.25) is 0 Å². The third-order valence-corrected chi connectivity index (χ3v) is 7.28. The van der Waals surface area contributed by atoms with Crippen molar-refractivity contribution in [1.29, 1.82) is 0 Å². The van der Waals surface area contributed by atoms with Crippen molar-refractivity contribution in [2.75, 3.05) is 6.61 Å². The van der Waals surface area contributed by atoms with E-state index in [0.29, 0.717) is 0 Å². The number of aromatic nitrogens is 3. The van der Waals surface area contributed by atoms with Gasteiger partial charge in [-0.25, -0.2) is 9.67 Å². The van der Waals surface area contributed by atoms with Crippen LogP contribution < -0.4 is 0 Å². The number of ether oxygens (including phenoxy) is 1. The molecule has 0 bridgehead atoms. The average Bonchev–Trinajstić information content (AvgIpc) is 3.22. The molecular formula is C26H23Br2N3O. The number of hydrogen-bond donors (Lipinski definition) is 0. The monoisotopic (exact) mass is 551 g/mol. The zero-order valence-corrected chi connectivity index (χ0v) is 20.9. The van der Waals surface area contributed by atoms with Gasteiger partial charge in [0.25, 0.3) is 0 Å². The molecule has 1 saturated heterocycles. The average molecular weight is 553 g/mol. The van der Waals surface area contributed by atoms with Crippen LogP contribution in [-0.4, -0.2) is 21.4 Å². The Labute approximate surface area is 204 Å². The van der Waals surface area contributed by atoms with Crippen molar-refractivity contribution in [1.82, 2.24) is 14.8 Å². The molecule has 3 heterocycles. The van der Waals surface area contributed by atoms with Crippen LogP contribution in [0.3, 0.4) is 0 Å². The standard InChI is InChI=1S/C26H23Br2N3O/c1-17-16-24(31(30-17)25-14-4-5-15-32-25)23-13-7-12-22(29-23)20-10-6-9-19(26(20)28)18-8-2-3-11-21(18)27/h2-3,6-13,16,25H,4-5,14-15H2,1H3. The minimum Gasteiger partial charge on any atom is -0.356 e. The van der Waals surface area contributed by atoms with Crippen molar-refractivity contribution >= 4 is 31.9 Å². The molecule has 0 aliphatic carbocycles. The highest BCUT2D eigenvalue weighted by Crippen LogP contribution is 2.39. The largest absolute Gasteiger partial charge is 0.356 e. The number of nitrogens with zero attached hydrogens (tertiary/aromatic N) is 3. The van der Waals surface area contributed by atoms with Crippen molar-refractivity contribution in [3.8, 4) is 33.8 Å². The van der Waals surface area contributed by atoms with Crippen LogP contribution in [0.4, 0.5) is 0 Å². The Kier molecular flexibility index (Phi) is 6.26. The molecule has 6 heteroatoms. The Morgan fingerprint density at radius 3 is 2.44 bits per heavy atom. The fraction of sp³-hybridized carbons (Fsp3) is 0.231. The van der Waals surface area contributed by atoms with E-state index >= 15 is 0 Å². The van der Waals surface area contributed by atoms with E-state index in [1.165, 1.54) is 0 Å². The van der Waals surface area contributed by atoms with E-state index in [1.807, 2.05) is 23.7 Å². The maximum Gasteiger partial charge on any atom is 0.150 e. The van der Waals surface area contributed by atoms with E-state index in [-0.39, 0.29) is 6.23 Å². The van der Waals surface area contributed by atoms with Crippen LogP contribution in [0.25, 0.3) is 33.8 Å². The van der Waals surface area contributed by atoms with Gasteiger partial charge in [0.2, 0.25) is 0 Å². The SMILES string of the molecule is Cc1cc(-c2cccc(-c3cccc(-c4ccccc4Br)c3Br)n2)n(C2CCCCO2)n1. The second-order valence-electron chi connectivity index (χ2n) is 7.99. The van der Waals surface area contributed by atoms with Crippen LogP contribution in [0, 0.1) is 6.92 Å².